The molecule has 1 aliphatic carbocycles. The van der Waals surface area contributed by atoms with E-state index in [-0.39, 0.29) is 5.91 Å². The molecule has 0 saturated heterocycles. The van der Waals surface area contributed by atoms with E-state index in [4.69, 9.17) is 4.42 Å². The first-order valence-corrected chi connectivity index (χ1v) is 9.82. The van der Waals surface area contributed by atoms with Crippen molar-refractivity contribution in [3.63, 3.8) is 0 Å². The van der Waals surface area contributed by atoms with Gasteiger partial charge in [-0.2, -0.15) is 0 Å². The van der Waals surface area contributed by atoms with Crippen molar-refractivity contribution in [2.75, 3.05) is 12.8 Å². The summed E-state index contributed by atoms with van der Waals surface area (Å²) in [6.45, 7) is 4.09. The highest BCUT2D eigenvalue weighted by Crippen LogP contribution is 2.26. The summed E-state index contributed by atoms with van der Waals surface area (Å²) in [7, 11) is 1.91. The van der Waals surface area contributed by atoms with Gasteiger partial charge in [-0.1, -0.05) is 48.2 Å². The average molecular weight is 359 g/mol. The highest BCUT2D eigenvalue weighted by molar-refractivity contribution is 7.99. The van der Waals surface area contributed by atoms with Gasteiger partial charge in [-0.05, 0) is 38.8 Å². The summed E-state index contributed by atoms with van der Waals surface area (Å²) in [6.07, 6.45) is 5.96. The Morgan fingerprint density at radius 1 is 1.16 bits per heavy atom. The second-order valence-corrected chi connectivity index (χ2v) is 7.76. The van der Waals surface area contributed by atoms with Gasteiger partial charge in [0.2, 0.25) is 11.8 Å². The summed E-state index contributed by atoms with van der Waals surface area (Å²) in [6, 6.07) is 6.54. The highest BCUT2D eigenvalue weighted by atomic mass is 32.2. The first-order valence-electron chi connectivity index (χ1n) is 8.83. The monoisotopic (exact) mass is 359 g/mol. The number of nitrogens with zero attached hydrogens (tertiary/aromatic N) is 3. The van der Waals surface area contributed by atoms with Crippen LogP contribution < -0.4 is 0 Å². The molecule has 134 valence electrons. The third-order valence-corrected chi connectivity index (χ3v) is 5.51. The number of aromatic nitrogens is 2. The van der Waals surface area contributed by atoms with Crippen molar-refractivity contribution in [2.24, 2.45) is 0 Å². The smallest absolute Gasteiger partial charge is 0.277 e. The Bertz CT molecular complexity index is 718. The van der Waals surface area contributed by atoms with Gasteiger partial charge in [0, 0.05) is 18.7 Å². The summed E-state index contributed by atoms with van der Waals surface area (Å²) in [5.74, 6) is 0.965. The molecule has 0 bridgehead atoms. The summed E-state index contributed by atoms with van der Waals surface area (Å²) in [5.41, 5.74) is 3.24. The standard InChI is InChI=1S/C19H25N3O2S/c1-13-9-14(2)11-15(10-13)18-20-21-19(24-18)25-12-17(23)22(3)16-7-5-4-6-8-16/h9-11,16H,4-8,12H2,1-3H3. The predicted molar refractivity (Wildman–Crippen MR) is 99.6 cm³/mol. The fraction of sp³-hybridized carbons (Fsp3) is 0.526. The molecule has 1 aromatic carbocycles. The van der Waals surface area contributed by atoms with Crippen LogP contribution in [0.1, 0.15) is 43.2 Å². The Labute approximate surface area is 153 Å². The summed E-state index contributed by atoms with van der Waals surface area (Å²) in [5, 5.41) is 8.63. The molecular formula is C19H25N3O2S. The molecule has 25 heavy (non-hydrogen) atoms. The van der Waals surface area contributed by atoms with E-state index in [1.165, 1.54) is 31.0 Å². The molecule has 0 aliphatic heterocycles. The van der Waals surface area contributed by atoms with Crippen LogP contribution in [-0.4, -0.2) is 39.8 Å². The van der Waals surface area contributed by atoms with Crippen molar-refractivity contribution in [2.45, 2.75) is 57.2 Å². The molecular weight excluding hydrogens is 334 g/mol. The van der Waals surface area contributed by atoms with Crippen LogP contribution in [0.25, 0.3) is 11.5 Å². The molecule has 1 aliphatic rings. The van der Waals surface area contributed by atoms with E-state index in [9.17, 15) is 4.79 Å². The molecule has 1 amide bonds. The normalized spacial score (nSPS) is 15.3. The van der Waals surface area contributed by atoms with E-state index in [2.05, 4.69) is 16.3 Å². The number of carbonyl (C=O) groups is 1. The van der Waals surface area contributed by atoms with E-state index in [0.717, 1.165) is 29.5 Å². The van der Waals surface area contributed by atoms with Gasteiger partial charge in [-0.15, -0.1) is 10.2 Å². The Morgan fingerprint density at radius 3 is 2.52 bits per heavy atom. The minimum absolute atomic E-state index is 0.128. The molecule has 1 aromatic heterocycles. The predicted octanol–water partition coefficient (Wildman–Crippen LogP) is 4.24. The van der Waals surface area contributed by atoms with Crippen LogP contribution in [0.4, 0.5) is 0 Å². The Hall–Kier alpha value is -1.82. The molecule has 3 rings (SSSR count). The molecule has 0 atom stereocenters. The van der Waals surface area contributed by atoms with Gasteiger partial charge in [0.25, 0.3) is 5.22 Å². The molecule has 2 aromatic rings. The van der Waals surface area contributed by atoms with Gasteiger partial charge >= 0.3 is 0 Å². The number of amides is 1. The number of aryl methyl sites for hydroxylation is 2. The lowest BCUT2D eigenvalue weighted by molar-refractivity contribution is -0.129. The van der Waals surface area contributed by atoms with Gasteiger partial charge in [-0.3, -0.25) is 4.79 Å². The van der Waals surface area contributed by atoms with E-state index in [1.807, 2.05) is 37.9 Å². The second kappa shape index (κ2) is 8.04. The van der Waals surface area contributed by atoms with Crippen LogP contribution in [0, 0.1) is 13.8 Å². The topological polar surface area (TPSA) is 59.2 Å². The molecule has 1 heterocycles. The minimum atomic E-state index is 0.128. The molecule has 0 N–H and O–H groups in total. The number of rotatable bonds is 5. The van der Waals surface area contributed by atoms with E-state index >= 15 is 0 Å². The maximum atomic E-state index is 12.4. The summed E-state index contributed by atoms with van der Waals surface area (Å²) < 4.78 is 5.73. The minimum Gasteiger partial charge on any atom is -0.411 e. The average Bonchev–Trinajstić information content (AvgIpc) is 3.08. The molecule has 6 heteroatoms. The van der Waals surface area contributed by atoms with E-state index in [1.54, 1.807) is 0 Å². The van der Waals surface area contributed by atoms with Crippen molar-refractivity contribution in [3.05, 3.63) is 29.3 Å². The SMILES string of the molecule is Cc1cc(C)cc(-c2nnc(SCC(=O)N(C)C3CCCCC3)o2)c1. The van der Waals surface area contributed by atoms with Crippen LogP contribution >= 0.6 is 11.8 Å². The van der Waals surface area contributed by atoms with Gasteiger partial charge in [0.1, 0.15) is 0 Å². The Balaban J connectivity index is 1.58. The first kappa shape index (κ1) is 18.0. The van der Waals surface area contributed by atoms with Crippen molar-refractivity contribution in [1.29, 1.82) is 0 Å². The van der Waals surface area contributed by atoms with Gasteiger partial charge < -0.3 is 9.32 Å². The largest absolute Gasteiger partial charge is 0.411 e. The van der Waals surface area contributed by atoms with E-state index < -0.39 is 0 Å². The zero-order chi connectivity index (χ0) is 17.8. The molecule has 0 spiro atoms. The first-order chi connectivity index (χ1) is 12.0. The maximum absolute atomic E-state index is 12.4. The van der Waals surface area contributed by atoms with E-state index in [0.29, 0.717) is 22.9 Å². The van der Waals surface area contributed by atoms with Gasteiger partial charge in [-0.25, -0.2) is 0 Å². The third-order valence-electron chi connectivity index (χ3n) is 4.71. The van der Waals surface area contributed by atoms with Crippen molar-refractivity contribution < 1.29 is 9.21 Å². The lowest BCUT2D eigenvalue weighted by atomic mass is 9.94. The third kappa shape index (κ3) is 4.63. The Kier molecular flexibility index (Phi) is 5.78. The molecule has 0 radical (unpaired) electrons. The second-order valence-electron chi connectivity index (χ2n) is 6.83. The number of hydrogen-bond acceptors (Lipinski definition) is 5. The lowest BCUT2D eigenvalue weighted by Gasteiger charge is -2.31. The van der Waals surface area contributed by atoms with Crippen molar-refractivity contribution in [1.82, 2.24) is 15.1 Å². The molecule has 1 saturated carbocycles. The van der Waals surface area contributed by atoms with Crippen molar-refractivity contribution in [3.8, 4) is 11.5 Å². The zero-order valence-corrected chi connectivity index (χ0v) is 15.9. The number of benzene rings is 1. The highest BCUT2D eigenvalue weighted by Gasteiger charge is 2.22. The lowest BCUT2D eigenvalue weighted by Crippen LogP contribution is -2.39. The summed E-state index contributed by atoms with van der Waals surface area (Å²) in [4.78, 5) is 14.3. The van der Waals surface area contributed by atoms with Gasteiger partial charge in [0.05, 0.1) is 5.75 Å². The van der Waals surface area contributed by atoms with Gasteiger partial charge in [0.15, 0.2) is 0 Å². The fourth-order valence-electron chi connectivity index (χ4n) is 3.38. The van der Waals surface area contributed by atoms with Crippen molar-refractivity contribution >= 4 is 17.7 Å². The van der Waals surface area contributed by atoms with Crippen LogP contribution in [0.15, 0.2) is 27.8 Å². The number of hydrogen-bond donors (Lipinski definition) is 0. The number of carbonyl (C=O) groups excluding carboxylic acids is 1. The quantitative estimate of drug-likeness (QED) is 0.748. The number of thioether (sulfide) groups is 1. The Morgan fingerprint density at radius 2 is 1.84 bits per heavy atom. The van der Waals surface area contributed by atoms with Crippen LogP contribution in [0.5, 0.6) is 0 Å². The van der Waals surface area contributed by atoms with Crippen LogP contribution in [0.3, 0.4) is 0 Å². The molecule has 1 fully saturated rings. The van der Waals surface area contributed by atoms with Crippen LogP contribution in [-0.2, 0) is 4.79 Å². The molecule has 0 unspecified atom stereocenters. The summed E-state index contributed by atoms with van der Waals surface area (Å²) >= 11 is 1.31. The zero-order valence-electron chi connectivity index (χ0n) is 15.1. The van der Waals surface area contributed by atoms with Crippen LogP contribution in [0.2, 0.25) is 0 Å². The maximum Gasteiger partial charge on any atom is 0.277 e. The molecule has 5 nitrogen and oxygen atoms in total. The fourth-order valence-corrected chi connectivity index (χ4v) is 4.07.